The minimum absolute atomic E-state index is 0.133. The van der Waals surface area contributed by atoms with Gasteiger partial charge in [0, 0.05) is 47.8 Å². The van der Waals surface area contributed by atoms with Gasteiger partial charge in [-0.3, -0.25) is 9.59 Å². The number of rotatable bonds is 6. The molecule has 0 spiro atoms. The highest BCUT2D eigenvalue weighted by molar-refractivity contribution is 9.10. The molecule has 0 unspecified atom stereocenters. The maximum absolute atomic E-state index is 13.9. The highest BCUT2D eigenvalue weighted by Gasteiger charge is 2.48. The smallest absolute Gasteiger partial charge is 0.175 e. The van der Waals surface area contributed by atoms with Gasteiger partial charge in [0.1, 0.15) is 6.61 Å². The fourth-order valence-corrected chi connectivity index (χ4v) is 7.22. The lowest BCUT2D eigenvalue weighted by atomic mass is 9.63. The van der Waals surface area contributed by atoms with Gasteiger partial charge < -0.3 is 14.4 Å². The SMILES string of the molecule is CCN1C2=C(C(=O)CC(C)(C)C2)C(c2cc(Br)c(OCc3ccc(C)cc3)c(OC)c2)C2=C1CC(C)(C)CC2=O. The van der Waals surface area contributed by atoms with E-state index in [1.807, 2.05) is 12.1 Å². The lowest BCUT2D eigenvalue weighted by Gasteiger charge is -2.49. The minimum atomic E-state index is -0.420. The quantitative estimate of drug-likeness (QED) is 0.333. The van der Waals surface area contributed by atoms with Crippen molar-refractivity contribution < 1.29 is 19.1 Å². The van der Waals surface area contributed by atoms with Gasteiger partial charge in [0.15, 0.2) is 23.1 Å². The van der Waals surface area contributed by atoms with E-state index in [0.29, 0.717) is 30.9 Å². The van der Waals surface area contributed by atoms with Gasteiger partial charge in [0.25, 0.3) is 0 Å². The number of ether oxygens (including phenoxy) is 2. The summed E-state index contributed by atoms with van der Waals surface area (Å²) in [6.07, 6.45) is 2.55. The maximum atomic E-state index is 13.9. The van der Waals surface area contributed by atoms with Crippen LogP contribution in [0.4, 0.5) is 0 Å². The standard InChI is InChI=1S/C34H40BrNO4/c1-8-36-24-15-33(3,4)17-26(37)30(24)29(31-25(36)16-34(5,6)18-27(31)38)22-13-23(35)32(28(14-22)39-7)40-19-21-11-9-20(2)10-12-21/h9-14,29H,8,15-19H2,1-7H3. The van der Waals surface area contributed by atoms with Crippen LogP contribution in [0.15, 0.2) is 63.4 Å². The number of ketones is 2. The Balaban J connectivity index is 1.64. The van der Waals surface area contributed by atoms with Crippen LogP contribution in [0.1, 0.15) is 82.9 Å². The summed E-state index contributed by atoms with van der Waals surface area (Å²) in [7, 11) is 1.63. The summed E-state index contributed by atoms with van der Waals surface area (Å²) in [5.41, 5.74) is 6.57. The Morgan fingerprint density at radius 2 is 1.45 bits per heavy atom. The Morgan fingerprint density at radius 1 is 0.900 bits per heavy atom. The largest absolute Gasteiger partial charge is 0.493 e. The molecule has 2 aromatic carbocycles. The van der Waals surface area contributed by atoms with Gasteiger partial charge in [-0.15, -0.1) is 0 Å². The molecule has 0 radical (unpaired) electrons. The van der Waals surface area contributed by atoms with Gasteiger partial charge in [-0.05, 0) is 76.7 Å². The molecule has 40 heavy (non-hydrogen) atoms. The number of methoxy groups -OCH3 is 1. The molecule has 5 nitrogen and oxygen atoms in total. The summed E-state index contributed by atoms with van der Waals surface area (Å²) in [4.78, 5) is 30.1. The van der Waals surface area contributed by atoms with E-state index in [2.05, 4.69) is 86.6 Å². The Morgan fingerprint density at radius 3 is 1.95 bits per heavy atom. The van der Waals surface area contributed by atoms with Crippen molar-refractivity contribution >= 4 is 27.5 Å². The van der Waals surface area contributed by atoms with E-state index in [1.54, 1.807) is 7.11 Å². The number of carbonyl (C=O) groups is 2. The first-order chi connectivity index (χ1) is 18.8. The molecule has 3 aliphatic rings. The van der Waals surface area contributed by atoms with Crippen molar-refractivity contribution in [1.29, 1.82) is 0 Å². The molecule has 1 aliphatic heterocycles. The zero-order chi connectivity index (χ0) is 29.0. The van der Waals surface area contributed by atoms with Crippen molar-refractivity contribution in [1.82, 2.24) is 4.90 Å². The van der Waals surface area contributed by atoms with Crippen LogP contribution >= 0.6 is 15.9 Å². The van der Waals surface area contributed by atoms with Crippen molar-refractivity contribution in [3.63, 3.8) is 0 Å². The van der Waals surface area contributed by atoms with Crippen LogP contribution in [0.2, 0.25) is 0 Å². The van der Waals surface area contributed by atoms with Crippen LogP contribution < -0.4 is 9.47 Å². The third-order valence-corrected chi connectivity index (χ3v) is 9.02. The summed E-state index contributed by atoms with van der Waals surface area (Å²) in [6.45, 7) is 14.0. The summed E-state index contributed by atoms with van der Waals surface area (Å²) < 4.78 is 12.8. The molecule has 0 amide bonds. The number of benzene rings is 2. The van der Waals surface area contributed by atoms with Gasteiger partial charge in [-0.25, -0.2) is 0 Å². The van der Waals surface area contributed by atoms with Crippen LogP contribution in [-0.2, 0) is 16.2 Å². The average molecular weight is 607 g/mol. The molecule has 0 bridgehead atoms. The molecule has 0 fully saturated rings. The molecule has 6 heteroatoms. The predicted molar refractivity (Wildman–Crippen MR) is 161 cm³/mol. The zero-order valence-electron chi connectivity index (χ0n) is 24.7. The number of hydrogen-bond acceptors (Lipinski definition) is 5. The molecule has 212 valence electrons. The highest BCUT2D eigenvalue weighted by Crippen LogP contribution is 2.55. The van der Waals surface area contributed by atoms with Crippen LogP contribution in [-0.4, -0.2) is 30.1 Å². The van der Waals surface area contributed by atoms with Crippen LogP contribution in [0.5, 0.6) is 11.5 Å². The van der Waals surface area contributed by atoms with Crippen molar-refractivity contribution in [3.8, 4) is 11.5 Å². The van der Waals surface area contributed by atoms with E-state index < -0.39 is 5.92 Å². The third-order valence-electron chi connectivity index (χ3n) is 8.43. The summed E-state index contributed by atoms with van der Waals surface area (Å²) in [5, 5.41) is 0. The van der Waals surface area contributed by atoms with Gasteiger partial charge in [0.2, 0.25) is 0 Å². The normalized spacial score (nSPS) is 20.4. The first-order valence-corrected chi connectivity index (χ1v) is 15.0. The summed E-state index contributed by atoms with van der Waals surface area (Å²) in [5.74, 6) is 1.03. The Bertz CT molecular complexity index is 1380. The number of aryl methyl sites for hydroxylation is 1. The van der Waals surface area contributed by atoms with Gasteiger partial charge in [0.05, 0.1) is 11.6 Å². The maximum Gasteiger partial charge on any atom is 0.175 e. The van der Waals surface area contributed by atoms with E-state index in [9.17, 15) is 9.59 Å². The molecule has 0 aromatic heterocycles. The zero-order valence-corrected chi connectivity index (χ0v) is 26.3. The summed E-state index contributed by atoms with van der Waals surface area (Å²) >= 11 is 3.74. The molecule has 2 aromatic rings. The number of halogens is 1. The molecule has 1 heterocycles. The Hall–Kier alpha value is -2.86. The fraction of sp³-hybridized carbons (Fsp3) is 0.471. The number of hydrogen-bond donors (Lipinski definition) is 0. The van der Waals surface area contributed by atoms with E-state index in [0.717, 1.165) is 57.5 Å². The van der Waals surface area contributed by atoms with Crippen LogP contribution in [0.25, 0.3) is 0 Å². The number of carbonyl (C=O) groups excluding carboxylic acids is 2. The lowest BCUT2D eigenvalue weighted by molar-refractivity contribution is -0.119. The average Bonchev–Trinajstić information content (AvgIpc) is 2.86. The molecule has 2 aliphatic carbocycles. The second-order valence-electron chi connectivity index (χ2n) is 13.1. The predicted octanol–water partition coefficient (Wildman–Crippen LogP) is 8.05. The van der Waals surface area contributed by atoms with E-state index in [1.165, 1.54) is 5.56 Å². The second-order valence-corrected chi connectivity index (χ2v) is 13.9. The monoisotopic (exact) mass is 605 g/mol. The highest BCUT2D eigenvalue weighted by atomic mass is 79.9. The molecular weight excluding hydrogens is 566 g/mol. The number of Topliss-reactive ketones (excluding diaryl/α,β-unsaturated/α-hetero) is 2. The molecule has 0 saturated carbocycles. The van der Waals surface area contributed by atoms with Gasteiger partial charge in [-0.1, -0.05) is 57.5 Å². The molecular formula is C34H40BrNO4. The lowest BCUT2D eigenvalue weighted by Crippen LogP contribution is -2.44. The molecule has 0 atom stereocenters. The van der Waals surface area contributed by atoms with Crippen LogP contribution in [0.3, 0.4) is 0 Å². The first kappa shape index (κ1) is 28.7. The molecule has 0 N–H and O–H groups in total. The Labute approximate surface area is 246 Å². The fourth-order valence-electron chi connectivity index (χ4n) is 6.65. The molecule has 5 rings (SSSR count). The topological polar surface area (TPSA) is 55.8 Å². The van der Waals surface area contributed by atoms with Crippen molar-refractivity contribution in [2.75, 3.05) is 13.7 Å². The number of allylic oxidation sites excluding steroid dienone is 4. The van der Waals surface area contributed by atoms with E-state index >= 15 is 0 Å². The van der Waals surface area contributed by atoms with Crippen LogP contribution in [0, 0.1) is 17.8 Å². The Kier molecular flexibility index (Phi) is 7.54. The third kappa shape index (κ3) is 5.27. The second kappa shape index (κ2) is 10.5. The number of nitrogens with zero attached hydrogens (tertiary/aromatic N) is 1. The van der Waals surface area contributed by atoms with Gasteiger partial charge in [-0.2, -0.15) is 0 Å². The minimum Gasteiger partial charge on any atom is -0.493 e. The summed E-state index contributed by atoms with van der Waals surface area (Å²) in [6, 6.07) is 12.2. The molecule has 0 saturated heterocycles. The van der Waals surface area contributed by atoms with Gasteiger partial charge >= 0.3 is 0 Å². The first-order valence-electron chi connectivity index (χ1n) is 14.2. The van der Waals surface area contributed by atoms with Crippen molar-refractivity contribution in [2.45, 2.75) is 79.8 Å². The van der Waals surface area contributed by atoms with Crippen molar-refractivity contribution in [3.05, 3.63) is 80.1 Å². The van der Waals surface area contributed by atoms with E-state index in [4.69, 9.17) is 9.47 Å². The van der Waals surface area contributed by atoms with E-state index in [-0.39, 0.29) is 22.4 Å². The van der Waals surface area contributed by atoms with Crippen molar-refractivity contribution in [2.24, 2.45) is 10.8 Å².